The summed E-state index contributed by atoms with van der Waals surface area (Å²) in [4.78, 5) is 23.6. The van der Waals surface area contributed by atoms with E-state index in [1.807, 2.05) is 0 Å². The van der Waals surface area contributed by atoms with Gasteiger partial charge in [0.2, 0.25) is 0 Å². The molecule has 0 aliphatic heterocycles. The number of rotatable bonds is 3. The molecule has 90 valence electrons. The lowest BCUT2D eigenvalue weighted by Gasteiger charge is -2.05. The molecule has 4 nitrogen and oxygen atoms in total. The molecule has 1 aromatic carbocycles. The summed E-state index contributed by atoms with van der Waals surface area (Å²) >= 11 is 0. The van der Waals surface area contributed by atoms with E-state index in [2.05, 4.69) is 0 Å². The summed E-state index contributed by atoms with van der Waals surface area (Å²) in [6.45, 7) is 2.02. The number of hydrogen-bond acceptors (Lipinski definition) is 4. The van der Waals surface area contributed by atoms with Gasteiger partial charge in [0.25, 0.3) is 0 Å². The van der Waals surface area contributed by atoms with Crippen LogP contribution in [0.15, 0.2) is 18.2 Å². The maximum atomic E-state index is 12.0. The van der Waals surface area contributed by atoms with Crippen molar-refractivity contribution in [3.63, 3.8) is 0 Å². The maximum Gasteiger partial charge on any atom is 0.317 e. The number of Topliss-reactive ketones (excluding diaryl/α,β-unsaturated/α-hetero) is 1. The lowest BCUT2D eigenvalue weighted by atomic mass is 10.1. The van der Waals surface area contributed by atoms with Gasteiger partial charge in [-0.3, -0.25) is 9.59 Å². The Morgan fingerprint density at radius 2 is 2.24 bits per heavy atom. The fourth-order valence-corrected chi connectivity index (χ4v) is 2.04. The summed E-state index contributed by atoms with van der Waals surface area (Å²) < 4.78 is 9.98. The number of ether oxygens (including phenoxy) is 2. The van der Waals surface area contributed by atoms with Gasteiger partial charge in [-0.1, -0.05) is 0 Å². The number of methoxy groups -OCH3 is 1. The molecule has 4 heteroatoms. The Hall–Kier alpha value is -1.84. The van der Waals surface area contributed by atoms with Crippen molar-refractivity contribution in [2.24, 2.45) is 5.92 Å². The normalized spacial score (nSPS) is 17.8. The summed E-state index contributed by atoms with van der Waals surface area (Å²) in [6, 6.07) is 5.23. The highest BCUT2D eigenvalue weighted by atomic mass is 16.5. The second-order valence-corrected chi connectivity index (χ2v) is 3.90. The van der Waals surface area contributed by atoms with E-state index >= 15 is 0 Å². The topological polar surface area (TPSA) is 52.6 Å². The van der Waals surface area contributed by atoms with E-state index < -0.39 is 11.9 Å². The molecule has 1 atom stereocenters. The molecule has 1 aliphatic carbocycles. The molecule has 1 aliphatic rings. The van der Waals surface area contributed by atoms with Crippen LogP contribution in [0.5, 0.6) is 5.75 Å². The van der Waals surface area contributed by atoms with Gasteiger partial charge in [-0.05, 0) is 37.1 Å². The summed E-state index contributed by atoms with van der Waals surface area (Å²) in [5.74, 6) is -0.577. The monoisotopic (exact) mass is 234 g/mol. The standard InChI is InChI=1S/C13H14O4/c1-3-17-13(15)11-7-8-6-9(16-2)4-5-10(8)12(11)14/h4-6,11H,3,7H2,1-2H3/t11-/m1/s1. The van der Waals surface area contributed by atoms with E-state index in [9.17, 15) is 9.59 Å². The van der Waals surface area contributed by atoms with Gasteiger partial charge in [0.1, 0.15) is 11.7 Å². The molecule has 0 spiro atoms. The van der Waals surface area contributed by atoms with Crippen LogP contribution in [0.3, 0.4) is 0 Å². The van der Waals surface area contributed by atoms with Crippen molar-refractivity contribution >= 4 is 11.8 Å². The second kappa shape index (κ2) is 4.57. The molecule has 0 N–H and O–H groups in total. The van der Waals surface area contributed by atoms with E-state index in [4.69, 9.17) is 9.47 Å². The first-order chi connectivity index (χ1) is 8.17. The zero-order chi connectivity index (χ0) is 12.4. The Labute approximate surface area is 99.5 Å². The molecule has 0 unspecified atom stereocenters. The molecule has 0 amide bonds. The molecule has 0 aromatic heterocycles. The van der Waals surface area contributed by atoms with E-state index in [-0.39, 0.29) is 5.78 Å². The Balaban J connectivity index is 2.26. The minimum absolute atomic E-state index is 0.152. The highest BCUT2D eigenvalue weighted by Gasteiger charge is 2.36. The number of hydrogen-bond donors (Lipinski definition) is 0. The van der Waals surface area contributed by atoms with Gasteiger partial charge in [-0.25, -0.2) is 0 Å². The molecule has 17 heavy (non-hydrogen) atoms. The Morgan fingerprint density at radius 3 is 2.88 bits per heavy atom. The van der Waals surface area contributed by atoms with Crippen LogP contribution >= 0.6 is 0 Å². The first-order valence-electron chi connectivity index (χ1n) is 5.55. The number of fused-ring (bicyclic) bond motifs is 1. The molecular weight excluding hydrogens is 220 g/mol. The quantitative estimate of drug-likeness (QED) is 0.589. The molecule has 2 rings (SSSR count). The fourth-order valence-electron chi connectivity index (χ4n) is 2.04. The van der Waals surface area contributed by atoms with E-state index in [0.29, 0.717) is 24.3 Å². The van der Waals surface area contributed by atoms with Gasteiger partial charge in [-0.2, -0.15) is 0 Å². The van der Waals surface area contributed by atoms with Crippen LogP contribution in [-0.2, 0) is 16.0 Å². The minimum atomic E-state index is -0.683. The van der Waals surface area contributed by atoms with Crippen LogP contribution in [0.2, 0.25) is 0 Å². The average Bonchev–Trinajstić information content (AvgIpc) is 2.66. The Bertz CT molecular complexity index is 464. The van der Waals surface area contributed by atoms with Crippen LogP contribution in [0.1, 0.15) is 22.8 Å². The van der Waals surface area contributed by atoms with Gasteiger partial charge in [0, 0.05) is 5.56 Å². The Kier molecular flexibility index (Phi) is 3.13. The van der Waals surface area contributed by atoms with Crippen LogP contribution in [0.4, 0.5) is 0 Å². The third kappa shape index (κ3) is 2.02. The molecule has 0 saturated carbocycles. The van der Waals surface area contributed by atoms with Crippen LogP contribution in [-0.4, -0.2) is 25.5 Å². The fraction of sp³-hybridized carbons (Fsp3) is 0.385. The second-order valence-electron chi connectivity index (χ2n) is 3.90. The van der Waals surface area contributed by atoms with Crippen molar-refractivity contribution in [3.8, 4) is 5.75 Å². The molecule has 0 bridgehead atoms. The van der Waals surface area contributed by atoms with Crippen LogP contribution < -0.4 is 4.74 Å². The van der Waals surface area contributed by atoms with Gasteiger partial charge in [0.05, 0.1) is 13.7 Å². The first-order valence-corrected chi connectivity index (χ1v) is 5.55. The van der Waals surface area contributed by atoms with Crippen molar-refractivity contribution < 1.29 is 19.1 Å². The predicted octanol–water partition coefficient (Wildman–Crippen LogP) is 1.61. The smallest absolute Gasteiger partial charge is 0.317 e. The molecular formula is C13H14O4. The molecule has 0 saturated heterocycles. The highest BCUT2D eigenvalue weighted by molar-refractivity contribution is 6.12. The maximum absolute atomic E-state index is 12.0. The third-order valence-corrected chi connectivity index (χ3v) is 2.89. The minimum Gasteiger partial charge on any atom is -0.497 e. The number of benzene rings is 1. The third-order valence-electron chi connectivity index (χ3n) is 2.89. The average molecular weight is 234 g/mol. The summed E-state index contributed by atoms with van der Waals surface area (Å²) in [5.41, 5.74) is 1.45. The number of ketones is 1. The number of esters is 1. The Morgan fingerprint density at radius 1 is 1.47 bits per heavy atom. The lowest BCUT2D eigenvalue weighted by Crippen LogP contribution is -2.23. The van der Waals surface area contributed by atoms with Gasteiger partial charge in [-0.15, -0.1) is 0 Å². The van der Waals surface area contributed by atoms with Gasteiger partial charge < -0.3 is 9.47 Å². The predicted molar refractivity (Wildman–Crippen MR) is 61.2 cm³/mol. The molecule has 0 fully saturated rings. The van der Waals surface area contributed by atoms with Gasteiger partial charge in [0.15, 0.2) is 5.78 Å². The molecule has 1 aromatic rings. The summed E-state index contributed by atoms with van der Waals surface area (Å²) in [6.07, 6.45) is 0.407. The highest BCUT2D eigenvalue weighted by Crippen LogP contribution is 2.30. The van der Waals surface area contributed by atoms with Crippen LogP contribution in [0.25, 0.3) is 0 Å². The molecule has 0 heterocycles. The first kappa shape index (κ1) is 11.6. The van der Waals surface area contributed by atoms with Gasteiger partial charge >= 0.3 is 5.97 Å². The van der Waals surface area contributed by atoms with E-state index in [1.165, 1.54) is 0 Å². The van der Waals surface area contributed by atoms with Crippen molar-refractivity contribution in [3.05, 3.63) is 29.3 Å². The molecule has 0 radical (unpaired) electrons. The summed E-state index contributed by atoms with van der Waals surface area (Å²) in [7, 11) is 1.57. The SMILES string of the molecule is CCOC(=O)[C@@H]1Cc2cc(OC)ccc2C1=O. The van der Waals surface area contributed by atoms with E-state index in [0.717, 1.165) is 5.56 Å². The zero-order valence-electron chi connectivity index (χ0n) is 9.86. The van der Waals surface area contributed by atoms with Crippen LogP contribution in [0, 0.1) is 5.92 Å². The van der Waals surface area contributed by atoms with Crippen molar-refractivity contribution in [1.29, 1.82) is 0 Å². The van der Waals surface area contributed by atoms with Crippen molar-refractivity contribution in [2.45, 2.75) is 13.3 Å². The zero-order valence-corrected chi connectivity index (χ0v) is 9.86. The lowest BCUT2D eigenvalue weighted by molar-refractivity contribution is -0.145. The van der Waals surface area contributed by atoms with E-state index in [1.54, 1.807) is 32.2 Å². The van der Waals surface area contributed by atoms with Crippen molar-refractivity contribution in [2.75, 3.05) is 13.7 Å². The summed E-state index contributed by atoms with van der Waals surface area (Å²) in [5, 5.41) is 0. The number of carbonyl (C=O) groups is 2. The van der Waals surface area contributed by atoms with Crippen molar-refractivity contribution in [1.82, 2.24) is 0 Å². The number of carbonyl (C=O) groups excluding carboxylic acids is 2. The largest absolute Gasteiger partial charge is 0.497 e.